The lowest BCUT2D eigenvalue weighted by molar-refractivity contribution is 1.15. The highest BCUT2D eigenvalue weighted by molar-refractivity contribution is 14.1. The molecular formula is C13H10BrClIN. The Hall–Kier alpha value is -0.260. The molecule has 0 atom stereocenters. The number of nitrogens with one attached hydrogen (secondary N) is 1. The van der Waals surface area contributed by atoms with E-state index in [1.807, 2.05) is 24.3 Å². The van der Waals surface area contributed by atoms with E-state index in [0.29, 0.717) is 0 Å². The fraction of sp³-hybridized carbons (Fsp3) is 0.0769. The van der Waals surface area contributed by atoms with Gasteiger partial charge in [-0.3, -0.25) is 0 Å². The second-order valence-electron chi connectivity index (χ2n) is 3.60. The zero-order valence-corrected chi connectivity index (χ0v) is 13.4. The van der Waals surface area contributed by atoms with E-state index in [1.54, 1.807) is 0 Å². The molecule has 17 heavy (non-hydrogen) atoms. The average Bonchev–Trinajstić information content (AvgIpc) is 2.28. The number of rotatable bonds is 3. The van der Waals surface area contributed by atoms with Crippen molar-refractivity contribution in [3.63, 3.8) is 0 Å². The molecule has 88 valence electrons. The van der Waals surface area contributed by atoms with Gasteiger partial charge in [-0.25, -0.2) is 0 Å². The Labute approximate surface area is 128 Å². The van der Waals surface area contributed by atoms with E-state index in [-0.39, 0.29) is 0 Å². The predicted molar refractivity (Wildman–Crippen MR) is 85.6 cm³/mol. The normalized spacial score (nSPS) is 10.3. The van der Waals surface area contributed by atoms with Gasteiger partial charge >= 0.3 is 0 Å². The van der Waals surface area contributed by atoms with Gasteiger partial charge in [0, 0.05) is 25.3 Å². The Balaban J connectivity index is 2.07. The summed E-state index contributed by atoms with van der Waals surface area (Å²) in [6.07, 6.45) is 0. The lowest BCUT2D eigenvalue weighted by Crippen LogP contribution is -2.00. The molecule has 0 saturated carbocycles. The maximum atomic E-state index is 6.16. The van der Waals surface area contributed by atoms with Gasteiger partial charge in [-0.15, -0.1) is 0 Å². The summed E-state index contributed by atoms with van der Waals surface area (Å²) in [5.74, 6) is 0. The van der Waals surface area contributed by atoms with Crippen LogP contribution in [-0.2, 0) is 6.54 Å². The minimum absolute atomic E-state index is 0.728. The van der Waals surface area contributed by atoms with E-state index >= 15 is 0 Å². The molecule has 0 aromatic heterocycles. The van der Waals surface area contributed by atoms with Gasteiger partial charge in [-0.05, 0) is 58.5 Å². The van der Waals surface area contributed by atoms with Gasteiger partial charge in [-0.2, -0.15) is 0 Å². The molecule has 0 amide bonds. The van der Waals surface area contributed by atoms with E-state index in [4.69, 9.17) is 11.6 Å². The summed E-state index contributed by atoms with van der Waals surface area (Å²) in [5, 5.41) is 4.13. The summed E-state index contributed by atoms with van der Waals surface area (Å²) in [7, 11) is 0. The first kappa shape index (κ1) is 13.2. The van der Waals surface area contributed by atoms with E-state index in [9.17, 15) is 0 Å². The van der Waals surface area contributed by atoms with Crippen molar-refractivity contribution in [2.45, 2.75) is 6.54 Å². The third-order valence-corrected chi connectivity index (χ3v) is 3.84. The number of hydrogen-bond donors (Lipinski definition) is 1. The zero-order valence-electron chi connectivity index (χ0n) is 8.88. The van der Waals surface area contributed by atoms with E-state index in [1.165, 1.54) is 3.57 Å². The lowest BCUT2D eigenvalue weighted by atomic mass is 10.2. The fourth-order valence-electron chi connectivity index (χ4n) is 1.46. The largest absolute Gasteiger partial charge is 0.381 e. The lowest BCUT2D eigenvalue weighted by Gasteiger charge is -2.08. The number of anilines is 1. The Morgan fingerprint density at radius 2 is 2.00 bits per heavy atom. The van der Waals surface area contributed by atoms with Crippen molar-refractivity contribution in [1.82, 2.24) is 0 Å². The van der Waals surface area contributed by atoms with Gasteiger partial charge in [0.15, 0.2) is 0 Å². The highest BCUT2D eigenvalue weighted by Crippen LogP contribution is 2.22. The van der Waals surface area contributed by atoms with Crippen molar-refractivity contribution in [3.8, 4) is 0 Å². The van der Waals surface area contributed by atoms with Crippen molar-refractivity contribution >= 4 is 55.8 Å². The topological polar surface area (TPSA) is 12.0 Å². The second kappa shape index (κ2) is 6.07. The van der Waals surface area contributed by atoms with Crippen LogP contribution in [0, 0.1) is 3.57 Å². The van der Waals surface area contributed by atoms with Crippen LogP contribution in [0.5, 0.6) is 0 Å². The van der Waals surface area contributed by atoms with Gasteiger partial charge < -0.3 is 5.32 Å². The molecule has 1 N–H and O–H groups in total. The summed E-state index contributed by atoms with van der Waals surface area (Å²) < 4.78 is 2.22. The number of halogens is 3. The van der Waals surface area contributed by atoms with Crippen LogP contribution in [0.15, 0.2) is 46.9 Å². The zero-order chi connectivity index (χ0) is 12.3. The second-order valence-corrected chi connectivity index (χ2v) is 6.17. The SMILES string of the molecule is Clc1cc(Br)ccc1CNc1cccc(I)c1. The minimum atomic E-state index is 0.728. The summed E-state index contributed by atoms with van der Waals surface area (Å²) in [4.78, 5) is 0. The van der Waals surface area contributed by atoms with Crippen LogP contribution in [-0.4, -0.2) is 0 Å². The van der Waals surface area contributed by atoms with E-state index < -0.39 is 0 Å². The number of hydrogen-bond acceptors (Lipinski definition) is 1. The van der Waals surface area contributed by atoms with Gasteiger partial charge in [-0.1, -0.05) is 39.7 Å². The van der Waals surface area contributed by atoms with Crippen LogP contribution in [0.4, 0.5) is 5.69 Å². The van der Waals surface area contributed by atoms with Crippen molar-refractivity contribution < 1.29 is 0 Å². The molecule has 1 nitrogen and oxygen atoms in total. The van der Waals surface area contributed by atoms with Crippen molar-refractivity contribution in [1.29, 1.82) is 0 Å². The van der Waals surface area contributed by atoms with E-state index in [2.05, 4.69) is 62.0 Å². The maximum absolute atomic E-state index is 6.16. The highest BCUT2D eigenvalue weighted by Gasteiger charge is 2.01. The van der Waals surface area contributed by atoms with Crippen LogP contribution < -0.4 is 5.32 Å². The van der Waals surface area contributed by atoms with Crippen molar-refractivity contribution in [2.75, 3.05) is 5.32 Å². The fourth-order valence-corrected chi connectivity index (χ4v) is 2.74. The number of benzene rings is 2. The third-order valence-electron chi connectivity index (χ3n) is 2.32. The monoisotopic (exact) mass is 421 g/mol. The Morgan fingerprint density at radius 1 is 1.18 bits per heavy atom. The van der Waals surface area contributed by atoms with Gasteiger partial charge in [0.2, 0.25) is 0 Å². The van der Waals surface area contributed by atoms with Crippen LogP contribution in [0.25, 0.3) is 0 Å². The quantitative estimate of drug-likeness (QED) is 0.661. The molecule has 0 spiro atoms. The first-order valence-corrected chi connectivity index (χ1v) is 7.33. The molecule has 2 rings (SSSR count). The third kappa shape index (κ3) is 3.86. The molecule has 0 saturated heterocycles. The minimum Gasteiger partial charge on any atom is -0.381 e. The smallest absolute Gasteiger partial charge is 0.0467 e. The molecule has 4 heteroatoms. The molecule has 0 radical (unpaired) electrons. The van der Waals surface area contributed by atoms with Crippen molar-refractivity contribution in [3.05, 3.63) is 61.1 Å². The van der Waals surface area contributed by atoms with Crippen LogP contribution in [0.1, 0.15) is 5.56 Å². The first-order chi connectivity index (χ1) is 8.15. The highest BCUT2D eigenvalue weighted by atomic mass is 127. The predicted octanol–water partition coefficient (Wildman–Crippen LogP) is 5.32. The van der Waals surface area contributed by atoms with Crippen LogP contribution in [0.2, 0.25) is 5.02 Å². The summed E-state index contributed by atoms with van der Waals surface area (Å²) >= 11 is 11.9. The molecule has 0 bridgehead atoms. The maximum Gasteiger partial charge on any atom is 0.0467 e. The van der Waals surface area contributed by atoms with Crippen molar-refractivity contribution in [2.24, 2.45) is 0 Å². The Bertz CT molecular complexity index is 531. The van der Waals surface area contributed by atoms with Crippen LogP contribution in [0.3, 0.4) is 0 Å². The molecule has 0 unspecified atom stereocenters. The van der Waals surface area contributed by atoms with Gasteiger partial charge in [0.25, 0.3) is 0 Å². The van der Waals surface area contributed by atoms with E-state index in [0.717, 1.165) is 27.3 Å². The average molecular weight is 422 g/mol. The standard InChI is InChI=1S/C13H10BrClIN/c14-10-5-4-9(13(15)6-10)8-17-12-3-1-2-11(16)7-12/h1-7,17H,8H2. The van der Waals surface area contributed by atoms with Crippen LogP contribution >= 0.6 is 50.1 Å². The summed E-state index contributed by atoms with van der Waals surface area (Å²) in [5.41, 5.74) is 2.20. The molecule has 0 fully saturated rings. The molecule has 2 aromatic rings. The molecule has 0 heterocycles. The Kier molecular flexibility index (Phi) is 4.70. The molecule has 0 aliphatic heterocycles. The molecule has 0 aliphatic carbocycles. The molecule has 0 aliphatic rings. The summed E-state index contributed by atoms with van der Waals surface area (Å²) in [6, 6.07) is 14.2. The Morgan fingerprint density at radius 3 is 2.71 bits per heavy atom. The van der Waals surface area contributed by atoms with Gasteiger partial charge in [0.1, 0.15) is 0 Å². The first-order valence-electron chi connectivity index (χ1n) is 5.08. The van der Waals surface area contributed by atoms with Gasteiger partial charge in [0.05, 0.1) is 0 Å². The molecular weight excluding hydrogens is 412 g/mol. The molecule has 2 aromatic carbocycles. The summed E-state index contributed by atoms with van der Waals surface area (Å²) in [6.45, 7) is 0.728.